The Balaban J connectivity index is 1.92. The van der Waals surface area contributed by atoms with Gasteiger partial charge < -0.3 is 15.2 Å². The molecular weight excluding hydrogens is 354 g/mol. The van der Waals surface area contributed by atoms with Gasteiger partial charge in [0.2, 0.25) is 0 Å². The molecule has 28 heavy (non-hydrogen) atoms. The molecule has 3 N–H and O–H groups in total. The maximum atomic E-state index is 10.1. The lowest BCUT2D eigenvalue weighted by molar-refractivity contribution is 0.271. The Morgan fingerprint density at radius 2 is 1.86 bits per heavy atom. The number of nitrogens with one attached hydrogen (secondary N) is 1. The van der Waals surface area contributed by atoms with Crippen molar-refractivity contribution < 1.29 is 10.2 Å². The van der Waals surface area contributed by atoms with Gasteiger partial charge >= 0.3 is 0 Å². The number of phenols is 1. The third kappa shape index (κ3) is 2.76. The number of phenolic OH excluding ortho intramolecular Hbond substituents is 1. The van der Waals surface area contributed by atoms with Crippen molar-refractivity contribution in [3.8, 4) is 34.2 Å². The van der Waals surface area contributed by atoms with Crippen molar-refractivity contribution in [2.75, 3.05) is 0 Å². The minimum Gasteiger partial charge on any atom is -0.508 e. The molecule has 0 unspecified atom stereocenters. The fourth-order valence-corrected chi connectivity index (χ4v) is 3.37. The van der Waals surface area contributed by atoms with Crippen molar-refractivity contribution in [2.45, 2.75) is 20.5 Å². The molecule has 7 heteroatoms. The molecule has 3 aromatic heterocycles. The number of fused-ring (bicyclic) bond motifs is 1. The van der Waals surface area contributed by atoms with Crippen molar-refractivity contribution >= 4 is 11.0 Å². The number of aromatic amines is 1. The summed E-state index contributed by atoms with van der Waals surface area (Å²) in [5.74, 6) is 0.522. The van der Waals surface area contributed by atoms with E-state index in [0.29, 0.717) is 33.5 Å². The number of pyridine rings is 1. The van der Waals surface area contributed by atoms with Gasteiger partial charge in [0, 0.05) is 35.1 Å². The van der Waals surface area contributed by atoms with E-state index in [-0.39, 0.29) is 12.4 Å². The number of rotatable bonds is 3. The van der Waals surface area contributed by atoms with Crippen molar-refractivity contribution in [3.63, 3.8) is 0 Å². The summed E-state index contributed by atoms with van der Waals surface area (Å²) in [7, 11) is 0. The lowest BCUT2D eigenvalue weighted by Gasteiger charge is -2.13. The standard InChI is InChI=1S/C21H17N5O2/c1-11-3-4-18(28)12(2)20(11)16-9-25-21-14(15(16)6-22)5-17(26-21)13-7-23-19(10-27)24-8-13/h3-5,7-9,27-28H,10H2,1-2H3,(H,25,26). The average molecular weight is 371 g/mol. The van der Waals surface area contributed by atoms with Crippen LogP contribution < -0.4 is 0 Å². The minimum atomic E-state index is -0.223. The first kappa shape index (κ1) is 17.6. The summed E-state index contributed by atoms with van der Waals surface area (Å²) in [6.45, 7) is 3.54. The SMILES string of the molecule is Cc1ccc(O)c(C)c1-c1cnc2[nH]c(-c3cnc(CO)nc3)cc2c1C#N. The molecule has 0 aliphatic heterocycles. The van der Waals surface area contributed by atoms with Gasteiger partial charge in [0.25, 0.3) is 0 Å². The summed E-state index contributed by atoms with van der Waals surface area (Å²) < 4.78 is 0. The first-order chi connectivity index (χ1) is 13.5. The highest BCUT2D eigenvalue weighted by atomic mass is 16.3. The number of aliphatic hydroxyl groups is 1. The molecule has 0 radical (unpaired) electrons. The fourth-order valence-electron chi connectivity index (χ4n) is 3.37. The number of aromatic hydroxyl groups is 1. The Morgan fingerprint density at radius 3 is 2.54 bits per heavy atom. The van der Waals surface area contributed by atoms with Gasteiger partial charge in [-0.2, -0.15) is 5.26 Å². The van der Waals surface area contributed by atoms with E-state index in [0.717, 1.165) is 22.4 Å². The van der Waals surface area contributed by atoms with Gasteiger partial charge in [-0.05, 0) is 42.7 Å². The van der Waals surface area contributed by atoms with E-state index in [2.05, 4.69) is 26.0 Å². The smallest absolute Gasteiger partial charge is 0.153 e. The van der Waals surface area contributed by atoms with Crippen LogP contribution in [-0.4, -0.2) is 30.1 Å². The molecule has 0 saturated carbocycles. The lowest BCUT2D eigenvalue weighted by Crippen LogP contribution is -1.94. The number of aliphatic hydroxyl groups excluding tert-OH is 1. The van der Waals surface area contributed by atoms with Crippen LogP contribution in [0.15, 0.2) is 36.8 Å². The van der Waals surface area contributed by atoms with E-state index in [9.17, 15) is 10.4 Å². The first-order valence-electron chi connectivity index (χ1n) is 8.67. The van der Waals surface area contributed by atoms with Crippen molar-refractivity contribution in [3.05, 3.63) is 59.3 Å². The number of aromatic nitrogens is 4. The molecule has 0 spiro atoms. The summed E-state index contributed by atoms with van der Waals surface area (Å²) in [5.41, 5.74) is 5.67. The number of aryl methyl sites for hydroxylation is 1. The molecule has 0 amide bonds. The van der Waals surface area contributed by atoms with E-state index < -0.39 is 0 Å². The molecule has 0 atom stereocenters. The van der Waals surface area contributed by atoms with Crippen LogP contribution in [0, 0.1) is 25.2 Å². The molecule has 0 fully saturated rings. The molecule has 3 heterocycles. The van der Waals surface area contributed by atoms with Crippen LogP contribution in [0.1, 0.15) is 22.5 Å². The fraction of sp³-hybridized carbons (Fsp3) is 0.143. The summed E-state index contributed by atoms with van der Waals surface area (Å²) in [6.07, 6.45) is 4.88. The zero-order valence-corrected chi connectivity index (χ0v) is 15.4. The van der Waals surface area contributed by atoms with E-state index >= 15 is 0 Å². The normalized spacial score (nSPS) is 10.9. The number of hydrogen-bond donors (Lipinski definition) is 3. The molecule has 4 aromatic rings. The molecule has 7 nitrogen and oxygen atoms in total. The second kappa shape index (κ2) is 6.76. The van der Waals surface area contributed by atoms with Crippen molar-refractivity contribution in [2.24, 2.45) is 0 Å². The molecule has 0 aliphatic rings. The number of benzene rings is 1. The van der Waals surface area contributed by atoms with E-state index in [1.807, 2.05) is 26.0 Å². The number of nitrogens with zero attached hydrogens (tertiary/aromatic N) is 4. The predicted octanol–water partition coefficient (Wildman–Crippen LogP) is 3.37. The van der Waals surface area contributed by atoms with E-state index in [1.54, 1.807) is 24.7 Å². The molecular formula is C21H17N5O2. The van der Waals surface area contributed by atoms with Gasteiger partial charge in [0.15, 0.2) is 5.82 Å². The molecule has 1 aromatic carbocycles. The molecule has 4 rings (SSSR count). The number of hydrogen-bond acceptors (Lipinski definition) is 6. The van der Waals surface area contributed by atoms with Gasteiger partial charge in [-0.25, -0.2) is 15.0 Å². The third-order valence-electron chi connectivity index (χ3n) is 4.84. The van der Waals surface area contributed by atoms with Crippen LogP contribution in [0.25, 0.3) is 33.4 Å². The molecule has 0 aliphatic carbocycles. The Hall–Kier alpha value is -3.76. The van der Waals surface area contributed by atoms with Crippen molar-refractivity contribution in [1.82, 2.24) is 19.9 Å². The first-order valence-corrected chi connectivity index (χ1v) is 8.67. The van der Waals surface area contributed by atoms with E-state index in [1.165, 1.54) is 0 Å². The second-order valence-corrected chi connectivity index (χ2v) is 6.55. The molecule has 0 bridgehead atoms. The number of nitriles is 1. The minimum absolute atomic E-state index is 0.181. The Morgan fingerprint density at radius 1 is 1.11 bits per heavy atom. The highest BCUT2D eigenvalue weighted by molar-refractivity contribution is 5.94. The maximum absolute atomic E-state index is 10.1. The Kier molecular flexibility index (Phi) is 4.26. The highest BCUT2D eigenvalue weighted by Gasteiger charge is 2.18. The monoisotopic (exact) mass is 371 g/mol. The van der Waals surface area contributed by atoms with Crippen molar-refractivity contribution in [1.29, 1.82) is 5.26 Å². The highest BCUT2D eigenvalue weighted by Crippen LogP contribution is 2.37. The third-order valence-corrected chi connectivity index (χ3v) is 4.84. The van der Waals surface area contributed by atoms with Crippen LogP contribution >= 0.6 is 0 Å². The van der Waals surface area contributed by atoms with Gasteiger partial charge in [-0.1, -0.05) is 6.07 Å². The summed E-state index contributed by atoms with van der Waals surface area (Å²) >= 11 is 0. The number of H-pyrrole nitrogens is 1. The molecule has 138 valence electrons. The molecule has 0 saturated heterocycles. The summed E-state index contributed by atoms with van der Waals surface area (Å²) in [5, 5.41) is 29.8. The van der Waals surface area contributed by atoms with Crippen LogP contribution in [-0.2, 0) is 6.61 Å². The summed E-state index contributed by atoms with van der Waals surface area (Å²) in [6, 6.07) is 7.60. The van der Waals surface area contributed by atoms with Gasteiger partial charge in [0.05, 0.1) is 11.3 Å². The van der Waals surface area contributed by atoms with E-state index in [4.69, 9.17) is 5.11 Å². The van der Waals surface area contributed by atoms with Gasteiger partial charge in [-0.15, -0.1) is 0 Å². The summed E-state index contributed by atoms with van der Waals surface area (Å²) in [4.78, 5) is 15.9. The Bertz CT molecular complexity index is 1240. The topological polar surface area (TPSA) is 119 Å². The quantitative estimate of drug-likeness (QED) is 0.508. The van der Waals surface area contributed by atoms with Gasteiger partial charge in [-0.3, -0.25) is 0 Å². The van der Waals surface area contributed by atoms with Crippen LogP contribution in [0.4, 0.5) is 0 Å². The largest absolute Gasteiger partial charge is 0.508 e. The van der Waals surface area contributed by atoms with Crippen LogP contribution in [0.3, 0.4) is 0 Å². The Labute approximate surface area is 161 Å². The lowest BCUT2D eigenvalue weighted by atomic mass is 9.92. The maximum Gasteiger partial charge on any atom is 0.153 e. The zero-order chi connectivity index (χ0) is 19.8. The second-order valence-electron chi connectivity index (χ2n) is 6.55. The average Bonchev–Trinajstić information content (AvgIpc) is 3.15. The van der Waals surface area contributed by atoms with Crippen LogP contribution in [0.2, 0.25) is 0 Å². The van der Waals surface area contributed by atoms with Crippen LogP contribution in [0.5, 0.6) is 5.75 Å². The zero-order valence-electron chi connectivity index (χ0n) is 15.4. The predicted molar refractivity (Wildman–Crippen MR) is 104 cm³/mol. The van der Waals surface area contributed by atoms with Gasteiger partial charge in [0.1, 0.15) is 24.1 Å².